The van der Waals surface area contributed by atoms with Crippen molar-refractivity contribution in [3.8, 4) is 0 Å². The Labute approximate surface area is 79.9 Å². The second-order valence-electron chi connectivity index (χ2n) is 2.95. The van der Waals surface area contributed by atoms with E-state index in [1.54, 1.807) is 16.3 Å². The Morgan fingerprint density at radius 3 is 3.00 bits per heavy atom. The highest BCUT2D eigenvalue weighted by atomic mass is 32.2. The van der Waals surface area contributed by atoms with Crippen LogP contribution in [0.1, 0.15) is 6.92 Å². The van der Waals surface area contributed by atoms with Crippen LogP contribution in [0, 0.1) is 0 Å². The molecule has 2 N–H and O–H groups in total. The maximum atomic E-state index is 11.2. The predicted molar refractivity (Wildman–Crippen MR) is 51.0 cm³/mol. The molecule has 1 aliphatic rings. The summed E-state index contributed by atoms with van der Waals surface area (Å²) in [6.07, 6.45) is 0. The lowest BCUT2D eigenvalue weighted by Crippen LogP contribution is -2.44. The minimum absolute atomic E-state index is 0.114. The molecule has 0 atom stereocenters. The maximum Gasteiger partial charge on any atom is 0.343 e. The smallest absolute Gasteiger partial charge is 0.314 e. The number of hydrogen-bond donors (Lipinski definition) is 2. The molecular formula is C7H12N4OS. The number of nitrogens with zero attached hydrogens (tertiary/aromatic N) is 2. The van der Waals surface area contributed by atoms with Crippen molar-refractivity contribution in [1.29, 1.82) is 0 Å². The van der Waals surface area contributed by atoms with Gasteiger partial charge in [0.2, 0.25) is 0 Å². The standard InChI is InChI=1S/C7H12N4OS/c1-2-11-6(12)9-10-7(11)13-5-3-8-4-5/h5,8H,2-4H2,1H3,(H,9,12). The molecule has 1 aliphatic heterocycles. The monoisotopic (exact) mass is 200 g/mol. The van der Waals surface area contributed by atoms with Gasteiger partial charge in [0.25, 0.3) is 0 Å². The summed E-state index contributed by atoms with van der Waals surface area (Å²) in [7, 11) is 0. The van der Waals surface area contributed by atoms with Gasteiger partial charge in [-0.1, -0.05) is 11.8 Å². The molecule has 0 amide bonds. The Morgan fingerprint density at radius 2 is 2.46 bits per heavy atom. The van der Waals surface area contributed by atoms with Crippen LogP contribution in [0.3, 0.4) is 0 Å². The molecule has 0 saturated carbocycles. The van der Waals surface area contributed by atoms with Gasteiger partial charge in [-0.3, -0.25) is 4.57 Å². The van der Waals surface area contributed by atoms with E-state index in [-0.39, 0.29) is 5.69 Å². The predicted octanol–water partition coefficient (Wildman–Crippen LogP) is -0.345. The van der Waals surface area contributed by atoms with E-state index in [0.717, 1.165) is 18.2 Å². The average Bonchev–Trinajstić information content (AvgIpc) is 2.39. The summed E-state index contributed by atoms with van der Waals surface area (Å²) in [5.41, 5.74) is -0.114. The van der Waals surface area contributed by atoms with E-state index in [1.165, 1.54) is 0 Å². The van der Waals surface area contributed by atoms with Gasteiger partial charge in [-0.15, -0.1) is 5.10 Å². The molecule has 1 aromatic rings. The summed E-state index contributed by atoms with van der Waals surface area (Å²) in [6.45, 7) is 4.64. The average molecular weight is 200 g/mol. The van der Waals surface area contributed by atoms with Crippen LogP contribution >= 0.6 is 11.8 Å². The lowest BCUT2D eigenvalue weighted by atomic mass is 10.3. The van der Waals surface area contributed by atoms with Gasteiger partial charge in [-0.25, -0.2) is 9.89 Å². The normalized spacial score (nSPS) is 17.3. The zero-order valence-corrected chi connectivity index (χ0v) is 8.23. The van der Waals surface area contributed by atoms with Gasteiger partial charge in [0, 0.05) is 24.9 Å². The number of rotatable bonds is 3. The van der Waals surface area contributed by atoms with E-state index in [0.29, 0.717) is 11.8 Å². The third kappa shape index (κ3) is 1.64. The molecule has 72 valence electrons. The quantitative estimate of drug-likeness (QED) is 0.700. The topological polar surface area (TPSA) is 62.7 Å². The summed E-state index contributed by atoms with van der Waals surface area (Å²) in [5.74, 6) is 0. The second-order valence-corrected chi connectivity index (χ2v) is 4.22. The van der Waals surface area contributed by atoms with Crippen molar-refractivity contribution in [3.05, 3.63) is 10.5 Å². The Bertz CT molecular complexity index is 341. The van der Waals surface area contributed by atoms with Gasteiger partial charge in [0.05, 0.1) is 0 Å². The van der Waals surface area contributed by atoms with Gasteiger partial charge >= 0.3 is 5.69 Å². The number of thioether (sulfide) groups is 1. The fraction of sp³-hybridized carbons (Fsp3) is 0.714. The number of hydrogen-bond acceptors (Lipinski definition) is 4. The molecule has 1 fully saturated rings. The third-order valence-corrected chi connectivity index (χ3v) is 3.24. The van der Waals surface area contributed by atoms with Crippen molar-refractivity contribution in [2.45, 2.75) is 23.9 Å². The van der Waals surface area contributed by atoms with Crippen LogP contribution in [0.5, 0.6) is 0 Å². The first-order valence-electron chi connectivity index (χ1n) is 4.34. The molecule has 13 heavy (non-hydrogen) atoms. The van der Waals surface area contributed by atoms with Crippen molar-refractivity contribution in [3.63, 3.8) is 0 Å². The Morgan fingerprint density at radius 1 is 1.69 bits per heavy atom. The van der Waals surface area contributed by atoms with Gasteiger partial charge in [0.1, 0.15) is 0 Å². The number of aromatic nitrogens is 3. The third-order valence-electron chi connectivity index (χ3n) is 2.06. The molecule has 0 aliphatic carbocycles. The SMILES string of the molecule is CCn1c(SC2CNC2)n[nH]c1=O. The van der Waals surface area contributed by atoms with Crippen LogP contribution in [-0.4, -0.2) is 33.1 Å². The van der Waals surface area contributed by atoms with Gasteiger partial charge in [0.15, 0.2) is 5.16 Å². The van der Waals surface area contributed by atoms with E-state index in [2.05, 4.69) is 15.5 Å². The first-order chi connectivity index (χ1) is 6.31. The van der Waals surface area contributed by atoms with E-state index in [1.807, 2.05) is 6.92 Å². The van der Waals surface area contributed by atoms with E-state index < -0.39 is 0 Å². The molecule has 6 heteroatoms. The Balaban J connectivity index is 2.14. The fourth-order valence-electron chi connectivity index (χ4n) is 1.17. The Hall–Kier alpha value is -0.750. The van der Waals surface area contributed by atoms with Gasteiger partial charge in [-0.2, -0.15) is 0 Å². The van der Waals surface area contributed by atoms with Crippen molar-refractivity contribution in [2.75, 3.05) is 13.1 Å². The molecule has 1 aromatic heterocycles. The first kappa shape index (κ1) is 8.83. The van der Waals surface area contributed by atoms with E-state index >= 15 is 0 Å². The molecule has 0 unspecified atom stereocenters. The number of aromatic amines is 1. The van der Waals surface area contributed by atoms with Crippen molar-refractivity contribution < 1.29 is 0 Å². The first-order valence-corrected chi connectivity index (χ1v) is 5.21. The minimum Gasteiger partial charge on any atom is -0.314 e. The highest BCUT2D eigenvalue weighted by Crippen LogP contribution is 2.22. The molecule has 2 heterocycles. The van der Waals surface area contributed by atoms with E-state index in [9.17, 15) is 4.79 Å². The van der Waals surface area contributed by atoms with Crippen LogP contribution in [0.25, 0.3) is 0 Å². The summed E-state index contributed by atoms with van der Waals surface area (Å²) >= 11 is 1.66. The molecule has 0 spiro atoms. The summed E-state index contributed by atoms with van der Waals surface area (Å²) in [6, 6.07) is 0. The summed E-state index contributed by atoms with van der Waals surface area (Å²) in [5, 5.41) is 11.0. The lowest BCUT2D eigenvalue weighted by Gasteiger charge is -2.25. The molecule has 0 aromatic carbocycles. The molecule has 0 radical (unpaired) electrons. The Kier molecular flexibility index (Phi) is 2.41. The number of H-pyrrole nitrogens is 1. The second kappa shape index (κ2) is 3.55. The summed E-state index contributed by atoms with van der Waals surface area (Å²) in [4.78, 5) is 11.2. The number of nitrogens with one attached hydrogen (secondary N) is 2. The lowest BCUT2D eigenvalue weighted by molar-refractivity contribution is 0.540. The highest BCUT2D eigenvalue weighted by Gasteiger charge is 2.20. The zero-order chi connectivity index (χ0) is 9.26. The van der Waals surface area contributed by atoms with Crippen LogP contribution in [0.2, 0.25) is 0 Å². The highest BCUT2D eigenvalue weighted by molar-refractivity contribution is 7.99. The minimum atomic E-state index is -0.114. The molecule has 2 rings (SSSR count). The molecule has 5 nitrogen and oxygen atoms in total. The van der Waals surface area contributed by atoms with Crippen molar-refractivity contribution in [2.24, 2.45) is 0 Å². The van der Waals surface area contributed by atoms with Crippen LogP contribution in [-0.2, 0) is 6.54 Å². The van der Waals surface area contributed by atoms with Crippen LogP contribution in [0.4, 0.5) is 0 Å². The molecular weight excluding hydrogens is 188 g/mol. The zero-order valence-electron chi connectivity index (χ0n) is 7.41. The maximum absolute atomic E-state index is 11.2. The summed E-state index contributed by atoms with van der Waals surface area (Å²) < 4.78 is 1.66. The van der Waals surface area contributed by atoms with Crippen molar-refractivity contribution in [1.82, 2.24) is 20.1 Å². The largest absolute Gasteiger partial charge is 0.343 e. The van der Waals surface area contributed by atoms with Crippen molar-refractivity contribution >= 4 is 11.8 Å². The van der Waals surface area contributed by atoms with Crippen LogP contribution in [0.15, 0.2) is 9.95 Å². The van der Waals surface area contributed by atoms with E-state index in [4.69, 9.17) is 0 Å². The fourth-order valence-corrected chi connectivity index (χ4v) is 2.30. The van der Waals surface area contributed by atoms with Crippen LogP contribution < -0.4 is 11.0 Å². The van der Waals surface area contributed by atoms with Gasteiger partial charge in [-0.05, 0) is 6.92 Å². The molecule has 1 saturated heterocycles. The van der Waals surface area contributed by atoms with Gasteiger partial charge < -0.3 is 5.32 Å². The molecule has 0 bridgehead atoms.